The topological polar surface area (TPSA) is 6.48 Å². The zero-order chi connectivity index (χ0) is 13.0. The van der Waals surface area contributed by atoms with Gasteiger partial charge in [-0.05, 0) is 24.3 Å². The molecule has 2 rings (SSSR count). The summed E-state index contributed by atoms with van der Waals surface area (Å²) >= 11 is 6.60. The molecule has 0 saturated heterocycles. The van der Waals surface area contributed by atoms with Gasteiger partial charge in [-0.15, -0.1) is 11.1 Å². The van der Waals surface area contributed by atoms with Gasteiger partial charge in [-0.25, -0.2) is 0 Å². The van der Waals surface area contributed by atoms with Crippen LogP contribution in [0.25, 0.3) is 0 Å². The number of halogens is 1. The second-order valence-corrected chi connectivity index (χ2v) is 6.95. The molecule has 2 nitrogen and oxygen atoms in total. The highest BCUT2D eigenvalue weighted by molar-refractivity contribution is 7.10. The van der Waals surface area contributed by atoms with Crippen LogP contribution in [-0.4, -0.2) is 22.5 Å². The van der Waals surface area contributed by atoms with Crippen LogP contribution < -0.4 is 9.13 Å². The molecule has 0 aliphatic carbocycles. The van der Waals surface area contributed by atoms with Crippen LogP contribution in [0.1, 0.15) is 0 Å². The van der Waals surface area contributed by atoms with Crippen LogP contribution >= 0.6 is 11.1 Å². The van der Waals surface area contributed by atoms with Gasteiger partial charge in [-0.1, -0.05) is 36.4 Å². The lowest BCUT2D eigenvalue weighted by Gasteiger charge is -2.30. The second kappa shape index (κ2) is 5.93. The van der Waals surface area contributed by atoms with Crippen LogP contribution in [0.5, 0.6) is 0 Å². The maximum Gasteiger partial charge on any atom is 0.414 e. The fourth-order valence-electron chi connectivity index (χ4n) is 1.74. The van der Waals surface area contributed by atoms with Gasteiger partial charge in [0.1, 0.15) is 0 Å². The maximum absolute atomic E-state index is 6.60. The number of anilines is 2. The fourth-order valence-corrected chi connectivity index (χ4v) is 3.50. The van der Waals surface area contributed by atoms with Crippen LogP contribution in [0.4, 0.5) is 11.4 Å². The Morgan fingerprint density at radius 1 is 0.722 bits per heavy atom. The molecular weight excluding hydrogens is 260 g/mol. The zero-order valence-corrected chi connectivity index (χ0v) is 12.3. The highest BCUT2D eigenvalue weighted by Gasteiger charge is 2.22. The van der Waals surface area contributed by atoms with Gasteiger partial charge in [-0.2, -0.15) is 0 Å². The smallest absolute Gasteiger partial charge is 0.371 e. The van der Waals surface area contributed by atoms with Crippen LogP contribution in [0, 0.1) is 0 Å². The number of nitrogens with zero attached hydrogens (tertiary/aromatic N) is 2. The Morgan fingerprint density at radius 2 is 1.06 bits per heavy atom. The summed E-state index contributed by atoms with van der Waals surface area (Å²) in [5.74, 6) is 0. The molecule has 0 N–H and O–H groups in total. The van der Waals surface area contributed by atoms with Crippen molar-refractivity contribution in [1.29, 1.82) is 0 Å². The molecule has 0 heterocycles. The third-order valence-corrected chi connectivity index (χ3v) is 5.99. The van der Waals surface area contributed by atoms with Gasteiger partial charge in [0.05, 0.1) is 0 Å². The molecule has 0 unspecified atom stereocenters. The van der Waals surface area contributed by atoms with Gasteiger partial charge >= 0.3 is 8.43 Å². The Hall–Kier alpha value is -1.45. The lowest BCUT2D eigenvalue weighted by atomic mass is 10.3. The van der Waals surface area contributed by atoms with Crippen LogP contribution in [-0.2, 0) is 0 Å². The molecule has 18 heavy (non-hydrogen) atoms. The molecule has 4 heteroatoms. The Bertz CT molecular complexity index is 432. The largest absolute Gasteiger partial charge is 0.414 e. The fraction of sp³-hybridized carbons (Fsp3) is 0.143. The van der Waals surface area contributed by atoms with Crippen molar-refractivity contribution < 1.29 is 0 Å². The summed E-state index contributed by atoms with van der Waals surface area (Å²) in [6.07, 6.45) is 0. The number of hydrogen-bond acceptors (Lipinski definition) is 2. The number of rotatable bonds is 4. The molecule has 93 valence electrons. The maximum atomic E-state index is 6.60. The van der Waals surface area contributed by atoms with Gasteiger partial charge in [0.15, 0.2) is 0 Å². The van der Waals surface area contributed by atoms with Crippen LogP contribution in [0.2, 0.25) is 0 Å². The summed E-state index contributed by atoms with van der Waals surface area (Å²) in [6, 6.07) is 20.4. The van der Waals surface area contributed by atoms with E-state index in [1.165, 1.54) is 0 Å². The van der Waals surface area contributed by atoms with Crippen molar-refractivity contribution in [2.45, 2.75) is 0 Å². The standard InChI is InChI=1S/C14H16ClN2Si/c1-16(13-9-5-3-6-10-13)18(15)17(2)14-11-7-4-8-12-14/h3-12H,1-2H3. The predicted molar refractivity (Wildman–Crippen MR) is 81.3 cm³/mol. The summed E-state index contributed by atoms with van der Waals surface area (Å²) in [4.78, 5) is 0. The van der Waals surface area contributed by atoms with E-state index < -0.39 is 8.43 Å². The Labute approximate surface area is 115 Å². The van der Waals surface area contributed by atoms with Crippen molar-refractivity contribution in [3.8, 4) is 0 Å². The van der Waals surface area contributed by atoms with Crippen LogP contribution in [0.15, 0.2) is 60.7 Å². The molecule has 0 fully saturated rings. The van der Waals surface area contributed by atoms with Gasteiger partial charge in [0.2, 0.25) is 0 Å². The predicted octanol–water partition coefficient (Wildman–Crippen LogP) is 3.48. The molecule has 2 aromatic carbocycles. The highest BCUT2D eigenvalue weighted by Crippen LogP contribution is 2.20. The zero-order valence-electron chi connectivity index (χ0n) is 10.5. The average molecular weight is 276 g/mol. The van der Waals surface area contributed by atoms with E-state index in [1.54, 1.807) is 0 Å². The van der Waals surface area contributed by atoms with Crippen LogP contribution in [0.3, 0.4) is 0 Å². The van der Waals surface area contributed by atoms with Crippen molar-refractivity contribution in [2.75, 3.05) is 23.2 Å². The van der Waals surface area contributed by atoms with E-state index in [-0.39, 0.29) is 0 Å². The molecule has 0 spiro atoms. The minimum Gasteiger partial charge on any atom is -0.371 e. The van der Waals surface area contributed by atoms with E-state index in [9.17, 15) is 0 Å². The van der Waals surface area contributed by atoms with E-state index in [1.807, 2.05) is 50.5 Å². The summed E-state index contributed by atoms with van der Waals surface area (Å²) < 4.78 is 4.28. The van der Waals surface area contributed by atoms with Gasteiger partial charge in [-0.3, -0.25) is 0 Å². The van der Waals surface area contributed by atoms with E-state index in [0.717, 1.165) is 11.4 Å². The molecular formula is C14H16ClN2Si. The lowest BCUT2D eigenvalue weighted by Crippen LogP contribution is -2.45. The lowest BCUT2D eigenvalue weighted by molar-refractivity contribution is 1.22. The Kier molecular flexibility index (Phi) is 4.28. The summed E-state index contributed by atoms with van der Waals surface area (Å²) in [5, 5.41) is 0. The normalized spacial score (nSPS) is 10.4. The second-order valence-electron chi connectivity index (χ2n) is 4.06. The molecule has 0 aliphatic heterocycles. The third-order valence-electron chi connectivity index (χ3n) is 2.84. The molecule has 0 aromatic heterocycles. The highest BCUT2D eigenvalue weighted by atomic mass is 35.6. The van der Waals surface area contributed by atoms with Crippen molar-refractivity contribution >= 4 is 30.9 Å². The first-order valence-corrected chi connectivity index (χ1v) is 8.21. The van der Waals surface area contributed by atoms with Gasteiger partial charge in [0.25, 0.3) is 0 Å². The number of para-hydroxylation sites is 2. The van der Waals surface area contributed by atoms with Crippen molar-refractivity contribution in [2.24, 2.45) is 0 Å². The van der Waals surface area contributed by atoms with Crippen molar-refractivity contribution in [1.82, 2.24) is 0 Å². The summed E-state index contributed by atoms with van der Waals surface area (Å²) in [6.45, 7) is 0. The first kappa shape index (κ1) is 13.0. The molecule has 0 aliphatic rings. The summed E-state index contributed by atoms with van der Waals surface area (Å²) in [7, 11) is 2.76. The first-order valence-electron chi connectivity index (χ1n) is 5.80. The summed E-state index contributed by atoms with van der Waals surface area (Å²) in [5.41, 5.74) is 2.29. The molecule has 1 radical (unpaired) electrons. The molecule has 0 atom stereocenters. The number of benzene rings is 2. The number of hydrogen-bond donors (Lipinski definition) is 0. The minimum atomic E-state index is -1.31. The van der Waals surface area contributed by atoms with E-state index in [4.69, 9.17) is 11.1 Å². The van der Waals surface area contributed by atoms with E-state index in [2.05, 4.69) is 33.4 Å². The molecule has 2 aromatic rings. The average Bonchev–Trinajstić information content (AvgIpc) is 2.47. The van der Waals surface area contributed by atoms with Gasteiger partial charge < -0.3 is 9.13 Å². The third kappa shape index (κ3) is 2.86. The SMILES string of the molecule is CN(c1ccccc1)[Si](Cl)N(C)c1ccccc1. The molecule has 0 saturated carbocycles. The van der Waals surface area contributed by atoms with E-state index in [0.29, 0.717) is 0 Å². The van der Waals surface area contributed by atoms with Crippen molar-refractivity contribution in [3.05, 3.63) is 60.7 Å². The quantitative estimate of drug-likeness (QED) is 0.623. The van der Waals surface area contributed by atoms with Gasteiger partial charge in [0, 0.05) is 25.5 Å². The first-order chi connectivity index (χ1) is 8.70. The van der Waals surface area contributed by atoms with E-state index >= 15 is 0 Å². The Morgan fingerprint density at radius 3 is 1.39 bits per heavy atom. The molecule has 0 amide bonds. The monoisotopic (exact) mass is 275 g/mol. The van der Waals surface area contributed by atoms with Crippen molar-refractivity contribution in [3.63, 3.8) is 0 Å². The molecule has 0 bridgehead atoms. The minimum absolute atomic E-state index is 1.14. The Balaban J connectivity index is 2.14.